The van der Waals surface area contributed by atoms with E-state index in [1.807, 2.05) is 19.1 Å². The Kier molecular flexibility index (Phi) is 4.12. The summed E-state index contributed by atoms with van der Waals surface area (Å²) in [5, 5.41) is 11.6. The molecule has 4 heteroatoms. The average molecular weight is 256 g/mol. The Morgan fingerprint density at radius 3 is 2.53 bits per heavy atom. The van der Waals surface area contributed by atoms with Crippen molar-refractivity contribution in [2.75, 3.05) is 11.9 Å². The Labute approximate surface area is 114 Å². The normalized spacial score (nSPS) is 12.2. The van der Waals surface area contributed by atoms with E-state index in [2.05, 4.69) is 47.6 Å². The summed E-state index contributed by atoms with van der Waals surface area (Å²) in [6, 6.07) is 10.3. The van der Waals surface area contributed by atoms with Crippen LogP contribution in [0.5, 0.6) is 0 Å². The SMILES string of the molecule is Cc1ccc(-c2ccc(NCC(C)N)nn2)c(C)c1. The molecule has 0 aliphatic heterocycles. The summed E-state index contributed by atoms with van der Waals surface area (Å²) in [6.07, 6.45) is 0. The molecule has 0 spiro atoms. The zero-order valence-corrected chi connectivity index (χ0v) is 11.6. The Morgan fingerprint density at radius 1 is 1.16 bits per heavy atom. The van der Waals surface area contributed by atoms with Gasteiger partial charge in [0.25, 0.3) is 0 Å². The lowest BCUT2D eigenvalue weighted by molar-refractivity contribution is 0.775. The van der Waals surface area contributed by atoms with E-state index in [0.717, 1.165) is 17.1 Å². The molecule has 0 aliphatic carbocycles. The first kappa shape index (κ1) is 13.5. The highest BCUT2D eigenvalue weighted by molar-refractivity contribution is 5.64. The molecular weight excluding hydrogens is 236 g/mol. The van der Waals surface area contributed by atoms with Gasteiger partial charge in [-0.15, -0.1) is 10.2 Å². The average Bonchev–Trinajstić information content (AvgIpc) is 2.37. The third-order valence-corrected chi connectivity index (χ3v) is 2.93. The van der Waals surface area contributed by atoms with Gasteiger partial charge in [-0.3, -0.25) is 0 Å². The van der Waals surface area contributed by atoms with Crippen LogP contribution in [0, 0.1) is 13.8 Å². The van der Waals surface area contributed by atoms with Crippen molar-refractivity contribution in [2.45, 2.75) is 26.8 Å². The summed E-state index contributed by atoms with van der Waals surface area (Å²) in [5.74, 6) is 0.755. The van der Waals surface area contributed by atoms with Crippen LogP contribution in [0.25, 0.3) is 11.3 Å². The number of benzene rings is 1. The maximum Gasteiger partial charge on any atom is 0.148 e. The van der Waals surface area contributed by atoms with E-state index in [1.165, 1.54) is 11.1 Å². The van der Waals surface area contributed by atoms with Crippen LogP contribution in [-0.4, -0.2) is 22.8 Å². The molecule has 1 unspecified atom stereocenters. The van der Waals surface area contributed by atoms with Crippen molar-refractivity contribution < 1.29 is 0 Å². The van der Waals surface area contributed by atoms with Gasteiger partial charge in [0.1, 0.15) is 5.82 Å². The number of aryl methyl sites for hydroxylation is 2. The third kappa shape index (κ3) is 3.51. The quantitative estimate of drug-likeness (QED) is 0.882. The number of nitrogens with two attached hydrogens (primary N) is 1. The summed E-state index contributed by atoms with van der Waals surface area (Å²) in [6.45, 7) is 6.82. The minimum atomic E-state index is 0.0980. The standard InChI is InChI=1S/C15H20N4/c1-10-4-5-13(11(2)8-10)14-6-7-15(19-18-14)17-9-12(3)16/h4-8,12H,9,16H2,1-3H3,(H,17,19). The Morgan fingerprint density at radius 2 is 1.95 bits per heavy atom. The highest BCUT2D eigenvalue weighted by atomic mass is 15.2. The Balaban J connectivity index is 2.18. The second-order valence-electron chi connectivity index (χ2n) is 4.98. The molecule has 1 atom stereocenters. The molecule has 2 aromatic rings. The molecule has 0 fully saturated rings. The molecule has 1 aromatic heterocycles. The molecule has 2 rings (SSSR count). The van der Waals surface area contributed by atoms with Crippen LogP contribution in [0.15, 0.2) is 30.3 Å². The van der Waals surface area contributed by atoms with E-state index in [9.17, 15) is 0 Å². The first-order valence-corrected chi connectivity index (χ1v) is 6.47. The van der Waals surface area contributed by atoms with Crippen LogP contribution >= 0.6 is 0 Å². The second-order valence-corrected chi connectivity index (χ2v) is 4.98. The summed E-state index contributed by atoms with van der Waals surface area (Å²) < 4.78 is 0. The maximum absolute atomic E-state index is 5.68. The van der Waals surface area contributed by atoms with Crippen molar-refractivity contribution in [3.8, 4) is 11.3 Å². The van der Waals surface area contributed by atoms with E-state index >= 15 is 0 Å². The number of hydrogen-bond acceptors (Lipinski definition) is 4. The number of rotatable bonds is 4. The second kappa shape index (κ2) is 5.80. The van der Waals surface area contributed by atoms with Crippen LogP contribution in [-0.2, 0) is 0 Å². The van der Waals surface area contributed by atoms with Crippen LogP contribution in [0.1, 0.15) is 18.1 Å². The minimum Gasteiger partial charge on any atom is -0.367 e. The number of aromatic nitrogens is 2. The first-order valence-electron chi connectivity index (χ1n) is 6.47. The molecule has 1 aromatic carbocycles. The van der Waals surface area contributed by atoms with Crippen LogP contribution in [0.4, 0.5) is 5.82 Å². The van der Waals surface area contributed by atoms with Gasteiger partial charge in [0, 0.05) is 18.2 Å². The van der Waals surface area contributed by atoms with Gasteiger partial charge in [-0.25, -0.2) is 0 Å². The van der Waals surface area contributed by atoms with Gasteiger partial charge >= 0.3 is 0 Å². The molecule has 100 valence electrons. The summed E-state index contributed by atoms with van der Waals surface area (Å²) in [7, 11) is 0. The molecule has 1 heterocycles. The van der Waals surface area contributed by atoms with Crippen LogP contribution in [0.3, 0.4) is 0 Å². The lowest BCUT2D eigenvalue weighted by Gasteiger charge is -2.09. The minimum absolute atomic E-state index is 0.0980. The number of nitrogens with zero attached hydrogens (tertiary/aromatic N) is 2. The Hall–Kier alpha value is -1.94. The molecule has 0 amide bonds. The lowest BCUT2D eigenvalue weighted by atomic mass is 10.0. The van der Waals surface area contributed by atoms with E-state index in [4.69, 9.17) is 5.73 Å². The van der Waals surface area contributed by atoms with Crippen LogP contribution < -0.4 is 11.1 Å². The van der Waals surface area contributed by atoms with Gasteiger partial charge in [-0.1, -0.05) is 23.8 Å². The highest BCUT2D eigenvalue weighted by Gasteiger charge is 2.05. The molecular formula is C15H20N4. The fourth-order valence-corrected chi connectivity index (χ4v) is 1.94. The third-order valence-electron chi connectivity index (χ3n) is 2.93. The van der Waals surface area contributed by atoms with Crippen molar-refractivity contribution in [2.24, 2.45) is 5.73 Å². The van der Waals surface area contributed by atoms with Gasteiger partial charge in [-0.05, 0) is 38.5 Å². The smallest absolute Gasteiger partial charge is 0.148 e. The summed E-state index contributed by atoms with van der Waals surface area (Å²) >= 11 is 0. The molecule has 3 N–H and O–H groups in total. The number of anilines is 1. The molecule has 19 heavy (non-hydrogen) atoms. The van der Waals surface area contributed by atoms with Crippen molar-refractivity contribution >= 4 is 5.82 Å². The van der Waals surface area contributed by atoms with Gasteiger partial charge in [0.05, 0.1) is 5.69 Å². The van der Waals surface area contributed by atoms with Crippen molar-refractivity contribution in [1.29, 1.82) is 0 Å². The predicted octanol–water partition coefficient (Wildman–Crippen LogP) is 2.52. The fourth-order valence-electron chi connectivity index (χ4n) is 1.94. The van der Waals surface area contributed by atoms with Gasteiger partial charge in [-0.2, -0.15) is 0 Å². The maximum atomic E-state index is 5.68. The Bertz CT molecular complexity index is 547. The zero-order chi connectivity index (χ0) is 13.8. The van der Waals surface area contributed by atoms with Gasteiger partial charge < -0.3 is 11.1 Å². The monoisotopic (exact) mass is 256 g/mol. The van der Waals surface area contributed by atoms with E-state index in [-0.39, 0.29) is 6.04 Å². The topological polar surface area (TPSA) is 63.8 Å². The highest BCUT2D eigenvalue weighted by Crippen LogP contribution is 2.22. The molecule has 0 radical (unpaired) electrons. The molecule has 0 saturated heterocycles. The molecule has 0 bridgehead atoms. The van der Waals surface area contributed by atoms with Crippen molar-refractivity contribution in [3.63, 3.8) is 0 Å². The van der Waals surface area contributed by atoms with E-state index in [0.29, 0.717) is 6.54 Å². The van der Waals surface area contributed by atoms with Crippen molar-refractivity contribution in [3.05, 3.63) is 41.5 Å². The first-order chi connectivity index (χ1) is 9.06. The van der Waals surface area contributed by atoms with Gasteiger partial charge in [0.15, 0.2) is 0 Å². The van der Waals surface area contributed by atoms with Crippen molar-refractivity contribution in [1.82, 2.24) is 10.2 Å². The lowest BCUT2D eigenvalue weighted by Crippen LogP contribution is -2.25. The van der Waals surface area contributed by atoms with Crippen LogP contribution in [0.2, 0.25) is 0 Å². The fraction of sp³-hybridized carbons (Fsp3) is 0.333. The number of hydrogen-bond donors (Lipinski definition) is 2. The number of nitrogens with one attached hydrogen (secondary N) is 1. The molecule has 4 nitrogen and oxygen atoms in total. The molecule has 0 saturated carbocycles. The van der Waals surface area contributed by atoms with Gasteiger partial charge in [0.2, 0.25) is 0 Å². The van der Waals surface area contributed by atoms with E-state index in [1.54, 1.807) is 0 Å². The largest absolute Gasteiger partial charge is 0.367 e. The summed E-state index contributed by atoms with van der Waals surface area (Å²) in [5.41, 5.74) is 10.2. The summed E-state index contributed by atoms with van der Waals surface area (Å²) in [4.78, 5) is 0. The zero-order valence-electron chi connectivity index (χ0n) is 11.6. The van der Waals surface area contributed by atoms with E-state index < -0.39 is 0 Å². The molecule has 0 aliphatic rings. The predicted molar refractivity (Wildman–Crippen MR) is 79.1 cm³/mol.